The van der Waals surface area contributed by atoms with Crippen molar-refractivity contribution in [2.45, 2.75) is 74.8 Å². The van der Waals surface area contributed by atoms with Crippen molar-refractivity contribution in [3.05, 3.63) is 85.5 Å². The first-order chi connectivity index (χ1) is 24.6. The van der Waals surface area contributed by atoms with Crippen LogP contribution >= 0.6 is 15.9 Å². The lowest BCUT2D eigenvalue weighted by Crippen LogP contribution is -2.57. The Balaban J connectivity index is 1.52. The molecular formula is C39H49BrN4O7. The monoisotopic (exact) mass is 764 g/mol. The molecule has 11 nitrogen and oxygen atoms in total. The summed E-state index contributed by atoms with van der Waals surface area (Å²) in [6.45, 7) is 14.8. The number of alkyl halides is 1. The molecule has 3 saturated heterocycles. The van der Waals surface area contributed by atoms with E-state index in [1.807, 2.05) is 42.5 Å². The Morgan fingerprint density at radius 1 is 1.10 bits per heavy atom. The Labute approximate surface area is 308 Å². The summed E-state index contributed by atoms with van der Waals surface area (Å²) < 4.78 is 12.6. The van der Waals surface area contributed by atoms with Gasteiger partial charge in [-0.1, -0.05) is 58.4 Å². The van der Waals surface area contributed by atoms with Crippen molar-refractivity contribution < 1.29 is 33.8 Å². The Morgan fingerprint density at radius 3 is 2.37 bits per heavy atom. The number of halogens is 1. The van der Waals surface area contributed by atoms with Gasteiger partial charge in [-0.15, -0.1) is 13.2 Å². The van der Waals surface area contributed by atoms with E-state index in [0.29, 0.717) is 17.7 Å². The first-order valence-corrected chi connectivity index (χ1v) is 18.6. The molecule has 2 aromatic carbocycles. The fourth-order valence-corrected chi connectivity index (χ4v) is 8.85. The van der Waals surface area contributed by atoms with E-state index in [0.717, 1.165) is 18.8 Å². The van der Waals surface area contributed by atoms with Gasteiger partial charge >= 0.3 is 5.97 Å². The summed E-state index contributed by atoms with van der Waals surface area (Å²) in [5, 5.41) is 13.6. The van der Waals surface area contributed by atoms with E-state index in [1.54, 1.807) is 36.1 Å². The van der Waals surface area contributed by atoms with Crippen LogP contribution in [0.15, 0.2) is 79.9 Å². The van der Waals surface area contributed by atoms with E-state index < -0.39 is 66.1 Å². The average molecular weight is 766 g/mol. The predicted octanol–water partition coefficient (Wildman–Crippen LogP) is 4.55. The fourth-order valence-electron chi connectivity index (χ4n) is 7.91. The SMILES string of the molecule is C=CCCC(=O)NC[C@H](C)OC(=O)[C@@H]1[C@H]2O[C@@]3(CC2Br)[C@H](C(=O)N(CC=C)c2ccc(N(CC)CC)cc2)N([C@H](CO)c2ccccc2)C(=O)[C@@H]13. The topological polar surface area (TPSA) is 129 Å². The number of hydrogen-bond donors (Lipinski definition) is 2. The van der Waals surface area contributed by atoms with Crippen molar-refractivity contribution in [2.24, 2.45) is 11.8 Å². The largest absolute Gasteiger partial charge is 0.460 e. The van der Waals surface area contributed by atoms with Crippen LogP contribution in [0.4, 0.5) is 11.4 Å². The van der Waals surface area contributed by atoms with Gasteiger partial charge in [0.1, 0.15) is 17.7 Å². The molecule has 3 amide bonds. The molecule has 0 aliphatic carbocycles. The Hall–Kier alpha value is -4.00. The van der Waals surface area contributed by atoms with Gasteiger partial charge in [0.05, 0.1) is 37.1 Å². The minimum absolute atomic E-state index is 0.0961. The van der Waals surface area contributed by atoms with Crippen LogP contribution in [0.3, 0.4) is 0 Å². The van der Waals surface area contributed by atoms with Gasteiger partial charge in [0.25, 0.3) is 5.91 Å². The number of anilines is 2. The highest BCUT2D eigenvalue weighted by atomic mass is 79.9. The highest BCUT2D eigenvalue weighted by Gasteiger charge is 2.77. The van der Waals surface area contributed by atoms with Gasteiger partial charge in [-0.3, -0.25) is 19.2 Å². The first kappa shape index (κ1) is 38.2. The molecule has 8 atom stereocenters. The van der Waals surface area contributed by atoms with Crippen molar-refractivity contribution in [3.8, 4) is 0 Å². The molecule has 1 unspecified atom stereocenters. The van der Waals surface area contributed by atoms with E-state index >= 15 is 4.79 Å². The number of nitrogens with one attached hydrogen (secondary N) is 1. The molecule has 2 aromatic rings. The number of benzene rings is 2. The van der Waals surface area contributed by atoms with Crippen molar-refractivity contribution in [1.82, 2.24) is 10.2 Å². The highest BCUT2D eigenvalue weighted by molar-refractivity contribution is 9.09. The van der Waals surface area contributed by atoms with Crippen LogP contribution < -0.4 is 15.1 Å². The second kappa shape index (κ2) is 16.6. The summed E-state index contributed by atoms with van der Waals surface area (Å²) in [6.07, 6.45) is 2.96. The molecule has 3 aliphatic heterocycles. The maximum atomic E-state index is 15.1. The molecular weight excluding hydrogens is 716 g/mol. The molecule has 1 spiro atoms. The molecule has 12 heteroatoms. The van der Waals surface area contributed by atoms with Gasteiger partial charge in [-0.25, -0.2) is 0 Å². The van der Waals surface area contributed by atoms with Crippen molar-refractivity contribution in [1.29, 1.82) is 0 Å². The summed E-state index contributed by atoms with van der Waals surface area (Å²) >= 11 is 3.72. The predicted molar refractivity (Wildman–Crippen MR) is 199 cm³/mol. The number of carbonyl (C=O) groups is 4. The lowest BCUT2D eigenvalue weighted by Gasteiger charge is -2.39. The summed E-state index contributed by atoms with van der Waals surface area (Å²) in [7, 11) is 0. The van der Waals surface area contributed by atoms with E-state index in [9.17, 15) is 19.5 Å². The molecule has 5 rings (SSSR count). The number of aliphatic hydroxyl groups is 1. The van der Waals surface area contributed by atoms with Crippen LogP contribution in [-0.4, -0.2) is 95.2 Å². The number of fused-ring (bicyclic) bond motifs is 1. The van der Waals surface area contributed by atoms with Crippen molar-refractivity contribution in [3.63, 3.8) is 0 Å². The van der Waals surface area contributed by atoms with E-state index in [2.05, 4.69) is 53.2 Å². The normalized spacial score (nSPS) is 25.9. The van der Waals surface area contributed by atoms with Gasteiger partial charge in [-0.2, -0.15) is 0 Å². The molecule has 3 heterocycles. The van der Waals surface area contributed by atoms with E-state index in [1.165, 1.54) is 4.90 Å². The average Bonchev–Trinajstić information content (AvgIpc) is 3.73. The minimum Gasteiger partial charge on any atom is -0.460 e. The third kappa shape index (κ3) is 7.36. The fraction of sp³-hybridized carbons (Fsp3) is 0.487. The van der Waals surface area contributed by atoms with Gasteiger partial charge in [0.2, 0.25) is 11.8 Å². The molecule has 0 saturated carbocycles. The van der Waals surface area contributed by atoms with Gasteiger partial charge in [0.15, 0.2) is 0 Å². The molecule has 3 aliphatic rings. The van der Waals surface area contributed by atoms with Crippen LogP contribution in [-0.2, 0) is 28.7 Å². The zero-order valence-corrected chi connectivity index (χ0v) is 31.2. The van der Waals surface area contributed by atoms with Gasteiger partial charge in [-0.05, 0) is 63.4 Å². The molecule has 0 radical (unpaired) electrons. The van der Waals surface area contributed by atoms with E-state index in [4.69, 9.17) is 9.47 Å². The highest BCUT2D eigenvalue weighted by Crippen LogP contribution is 2.61. The van der Waals surface area contributed by atoms with Crippen LogP contribution in [0.25, 0.3) is 0 Å². The first-order valence-electron chi connectivity index (χ1n) is 17.7. The molecule has 3 fully saturated rings. The number of aliphatic hydroxyl groups excluding tert-OH is 1. The van der Waals surface area contributed by atoms with Gasteiger partial charge < -0.3 is 34.6 Å². The smallest absolute Gasteiger partial charge is 0.312 e. The molecule has 2 N–H and O–H groups in total. The number of allylic oxidation sites excluding steroid dienone is 1. The van der Waals surface area contributed by atoms with E-state index in [-0.39, 0.29) is 36.7 Å². The zero-order chi connectivity index (χ0) is 36.9. The molecule has 0 aromatic heterocycles. The summed E-state index contributed by atoms with van der Waals surface area (Å²) in [6, 6.07) is 14.7. The number of ether oxygens (including phenoxy) is 2. The number of hydrogen-bond acceptors (Lipinski definition) is 8. The zero-order valence-electron chi connectivity index (χ0n) is 29.6. The Morgan fingerprint density at radius 2 is 1.76 bits per heavy atom. The van der Waals surface area contributed by atoms with Crippen LogP contribution in [0.5, 0.6) is 0 Å². The summed E-state index contributed by atoms with van der Waals surface area (Å²) in [4.78, 5) is 61.0. The van der Waals surface area contributed by atoms with Crippen LogP contribution in [0, 0.1) is 11.8 Å². The molecule has 2 bridgehead atoms. The summed E-state index contributed by atoms with van der Waals surface area (Å²) in [5.74, 6) is -3.75. The molecule has 51 heavy (non-hydrogen) atoms. The van der Waals surface area contributed by atoms with Crippen LogP contribution in [0.2, 0.25) is 0 Å². The quantitative estimate of drug-likeness (QED) is 0.137. The van der Waals surface area contributed by atoms with Crippen molar-refractivity contribution in [2.75, 3.05) is 42.6 Å². The number of amides is 3. The second-order valence-electron chi connectivity index (χ2n) is 13.3. The lowest BCUT2D eigenvalue weighted by atomic mass is 9.70. The maximum absolute atomic E-state index is 15.1. The number of rotatable bonds is 17. The third-order valence-electron chi connectivity index (χ3n) is 10.3. The standard InChI is InChI=1S/C39H49BrN4O7/c1-6-10-16-31(46)41-23-25(5)50-38(49)32-33-36(47)44(30(24-45)26-14-12-11-13-15-26)35(39(33)22-29(40)34(32)51-39)37(48)43(21-7-2)28-19-17-27(18-20-28)42(8-3)9-4/h6-7,11-15,17-20,25,29-30,32-35,45H,1-2,8-10,16,21-24H2,3-5H3,(H,41,46)/t25-,29?,30+,32-,33+,34-,35-,39+/m0/s1. The third-order valence-corrected chi connectivity index (χ3v) is 11.1. The van der Waals surface area contributed by atoms with Crippen LogP contribution in [0.1, 0.15) is 51.6 Å². The van der Waals surface area contributed by atoms with Crippen molar-refractivity contribution >= 4 is 51.0 Å². The second-order valence-corrected chi connectivity index (χ2v) is 14.5. The minimum atomic E-state index is -1.39. The van der Waals surface area contributed by atoms with Gasteiger partial charge in [0, 0.05) is 42.3 Å². The Kier molecular flexibility index (Phi) is 12.4. The number of likely N-dealkylation sites (tertiary alicyclic amines) is 1. The number of esters is 1. The molecule has 274 valence electrons. The Bertz CT molecular complexity index is 1590. The number of carbonyl (C=O) groups excluding carboxylic acids is 4. The summed E-state index contributed by atoms with van der Waals surface area (Å²) in [5.41, 5.74) is 0.890. The number of nitrogens with zero attached hydrogens (tertiary/aromatic N) is 3. The maximum Gasteiger partial charge on any atom is 0.312 e. The lowest BCUT2D eigenvalue weighted by molar-refractivity contribution is -0.159.